The van der Waals surface area contributed by atoms with Gasteiger partial charge in [-0.3, -0.25) is 4.90 Å². The van der Waals surface area contributed by atoms with Gasteiger partial charge in [-0.2, -0.15) is 13.2 Å². The summed E-state index contributed by atoms with van der Waals surface area (Å²) in [6, 6.07) is 16.1. The average Bonchev–Trinajstić information content (AvgIpc) is 3.31. The Labute approximate surface area is 225 Å². The van der Waals surface area contributed by atoms with Crippen molar-refractivity contribution in [1.29, 1.82) is 0 Å². The molecule has 0 atom stereocenters. The Morgan fingerprint density at radius 3 is 2.42 bits per heavy atom. The molecule has 0 spiro atoms. The molecular formula is C30H32F3NO3S. The molecule has 1 aliphatic heterocycles. The summed E-state index contributed by atoms with van der Waals surface area (Å²) in [6.07, 6.45) is -3.19. The van der Waals surface area contributed by atoms with E-state index in [2.05, 4.69) is 11.8 Å². The molecule has 1 aliphatic carbocycles. The van der Waals surface area contributed by atoms with Crippen LogP contribution in [0.5, 0.6) is 5.75 Å². The SMILES string of the molecule is CCC1(C(O)O)CN(CC2=C(C)c3ccc(OCc4cc(-c5ccccc5)c(C(F)(F)F)s4)cc3CC2)C1. The van der Waals surface area contributed by atoms with Crippen molar-refractivity contribution in [2.75, 3.05) is 19.6 Å². The van der Waals surface area contributed by atoms with Crippen LogP contribution in [0.3, 0.4) is 0 Å². The lowest BCUT2D eigenvalue weighted by Crippen LogP contribution is -2.61. The minimum Gasteiger partial charge on any atom is -0.488 e. The first-order valence-electron chi connectivity index (χ1n) is 12.9. The molecule has 2 aromatic carbocycles. The smallest absolute Gasteiger partial charge is 0.426 e. The number of ether oxygens (including phenoxy) is 1. The van der Waals surface area contributed by atoms with Crippen molar-refractivity contribution in [1.82, 2.24) is 4.90 Å². The van der Waals surface area contributed by atoms with Crippen LogP contribution in [0.2, 0.25) is 0 Å². The minimum absolute atomic E-state index is 0.0737. The molecular weight excluding hydrogens is 511 g/mol. The Bertz CT molecular complexity index is 1320. The summed E-state index contributed by atoms with van der Waals surface area (Å²) in [6.45, 7) is 6.38. The molecule has 2 N–H and O–H groups in total. The molecule has 0 bridgehead atoms. The zero-order valence-corrected chi connectivity index (χ0v) is 22.3. The van der Waals surface area contributed by atoms with Gasteiger partial charge >= 0.3 is 6.18 Å². The Balaban J connectivity index is 1.27. The molecule has 0 radical (unpaired) electrons. The van der Waals surface area contributed by atoms with E-state index >= 15 is 0 Å². The van der Waals surface area contributed by atoms with Gasteiger partial charge in [-0.25, -0.2) is 0 Å². The van der Waals surface area contributed by atoms with Crippen molar-refractivity contribution < 1.29 is 28.1 Å². The second-order valence-corrected chi connectivity index (χ2v) is 11.5. The summed E-state index contributed by atoms with van der Waals surface area (Å²) in [5.74, 6) is 0.649. The maximum Gasteiger partial charge on any atom is 0.426 e. The van der Waals surface area contributed by atoms with E-state index in [1.54, 1.807) is 36.4 Å². The van der Waals surface area contributed by atoms with E-state index in [4.69, 9.17) is 4.74 Å². The van der Waals surface area contributed by atoms with Gasteiger partial charge < -0.3 is 14.9 Å². The van der Waals surface area contributed by atoms with E-state index in [0.717, 1.165) is 37.1 Å². The van der Waals surface area contributed by atoms with E-state index in [9.17, 15) is 23.4 Å². The summed E-state index contributed by atoms with van der Waals surface area (Å²) in [5, 5.41) is 19.5. The molecule has 0 unspecified atom stereocenters. The Morgan fingerprint density at radius 2 is 1.76 bits per heavy atom. The number of likely N-dealkylation sites (tertiary alicyclic amines) is 1. The Morgan fingerprint density at radius 1 is 1.03 bits per heavy atom. The molecule has 1 aromatic heterocycles. The number of aliphatic hydroxyl groups excluding tert-OH is 1. The molecule has 1 saturated heterocycles. The Hall–Kier alpha value is -2.65. The van der Waals surface area contributed by atoms with Crippen LogP contribution in [-0.4, -0.2) is 41.0 Å². The second-order valence-electron chi connectivity index (χ2n) is 10.4. The number of allylic oxidation sites excluding steroid dienone is 1. The van der Waals surface area contributed by atoms with Gasteiger partial charge in [-0.05, 0) is 66.6 Å². The number of benzene rings is 2. The fraction of sp³-hybridized carbons (Fsp3) is 0.400. The molecule has 0 saturated carbocycles. The van der Waals surface area contributed by atoms with Crippen molar-refractivity contribution in [3.63, 3.8) is 0 Å². The van der Waals surface area contributed by atoms with Crippen LogP contribution in [0, 0.1) is 5.41 Å². The minimum atomic E-state index is -4.42. The summed E-state index contributed by atoms with van der Waals surface area (Å²) in [7, 11) is 0. The second kappa shape index (κ2) is 10.5. The molecule has 202 valence electrons. The first-order valence-corrected chi connectivity index (χ1v) is 13.7. The zero-order chi connectivity index (χ0) is 27.1. The first kappa shape index (κ1) is 26.9. The van der Waals surface area contributed by atoms with Crippen LogP contribution >= 0.6 is 11.3 Å². The summed E-state index contributed by atoms with van der Waals surface area (Å²) >= 11 is 0.733. The molecule has 0 amide bonds. The van der Waals surface area contributed by atoms with E-state index in [1.807, 2.05) is 25.1 Å². The molecule has 8 heteroatoms. The van der Waals surface area contributed by atoms with Crippen LogP contribution in [0.25, 0.3) is 16.7 Å². The number of fused-ring (bicyclic) bond motifs is 1. The van der Waals surface area contributed by atoms with Crippen LogP contribution in [-0.2, 0) is 19.2 Å². The number of alkyl halides is 3. The van der Waals surface area contributed by atoms with Gasteiger partial charge in [0, 0.05) is 35.5 Å². The Kier molecular flexibility index (Phi) is 7.44. The molecule has 5 rings (SSSR count). The summed E-state index contributed by atoms with van der Waals surface area (Å²) < 4.78 is 47.1. The van der Waals surface area contributed by atoms with E-state index < -0.39 is 22.8 Å². The van der Waals surface area contributed by atoms with Gasteiger partial charge in [0.25, 0.3) is 0 Å². The summed E-state index contributed by atoms with van der Waals surface area (Å²) in [5.41, 5.74) is 5.25. The topological polar surface area (TPSA) is 52.9 Å². The number of aliphatic hydroxyl groups is 2. The van der Waals surface area contributed by atoms with E-state index in [1.165, 1.54) is 22.3 Å². The number of halogens is 3. The van der Waals surface area contributed by atoms with Gasteiger partial charge in [-0.15, -0.1) is 11.3 Å². The van der Waals surface area contributed by atoms with Gasteiger partial charge in [0.1, 0.15) is 17.2 Å². The van der Waals surface area contributed by atoms with Crippen molar-refractivity contribution in [3.8, 4) is 16.9 Å². The lowest BCUT2D eigenvalue weighted by Gasteiger charge is -2.51. The highest BCUT2D eigenvalue weighted by molar-refractivity contribution is 7.12. The van der Waals surface area contributed by atoms with Crippen LogP contribution in [0.1, 0.15) is 47.6 Å². The number of nitrogens with zero attached hydrogens (tertiary/aromatic N) is 1. The van der Waals surface area contributed by atoms with Gasteiger partial charge in [0.05, 0.1) is 0 Å². The lowest BCUT2D eigenvalue weighted by molar-refractivity contribution is -0.192. The number of rotatable bonds is 8. The maximum absolute atomic E-state index is 13.7. The normalized spacial score (nSPS) is 17.5. The number of aryl methyl sites for hydroxylation is 1. The highest BCUT2D eigenvalue weighted by Gasteiger charge is 2.46. The largest absolute Gasteiger partial charge is 0.488 e. The molecule has 3 aromatic rings. The van der Waals surface area contributed by atoms with Crippen molar-refractivity contribution >= 4 is 16.9 Å². The third-order valence-corrected chi connectivity index (χ3v) is 9.11. The molecule has 2 aliphatic rings. The molecule has 2 heterocycles. The zero-order valence-electron chi connectivity index (χ0n) is 21.5. The predicted molar refractivity (Wildman–Crippen MR) is 144 cm³/mol. The fourth-order valence-corrected chi connectivity index (χ4v) is 6.56. The van der Waals surface area contributed by atoms with Gasteiger partial charge in [0.2, 0.25) is 0 Å². The standard InChI is InChI=1S/C30H32F3NO3S/c1-3-29(28(35)36)17-34(18-29)15-22-10-9-21-13-23(11-12-25(21)19(22)2)37-16-24-14-26(20-7-5-4-6-8-20)27(38-24)30(31,32)33/h4-8,11-14,28,35-36H,3,9-10,15-18H2,1-2H3. The third kappa shape index (κ3) is 5.27. The summed E-state index contributed by atoms with van der Waals surface area (Å²) in [4.78, 5) is 2.19. The van der Waals surface area contributed by atoms with Crippen molar-refractivity contribution in [2.24, 2.45) is 5.41 Å². The van der Waals surface area contributed by atoms with E-state index in [0.29, 0.717) is 29.3 Å². The van der Waals surface area contributed by atoms with Gasteiger partial charge in [-0.1, -0.05) is 48.9 Å². The van der Waals surface area contributed by atoms with E-state index in [-0.39, 0.29) is 12.2 Å². The van der Waals surface area contributed by atoms with Crippen LogP contribution in [0.15, 0.2) is 60.2 Å². The number of thiophene rings is 1. The monoisotopic (exact) mass is 543 g/mol. The van der Waals surface area contributed by atoms with Crippen molar-refractivity contribution in [2.45, 2.75) is 52.2 Å². The molecule has 4 nitrogen and oxygen atoms in total. The van der Waals surface area contributed by atoms with Gasteiger partial charge in [0.15, 0.2) is 6.29 Å². The highest BCUT2D eigenvalue weighted by atomic mass is 32.1. The molecule has 38 heavy (non-hydrogen) atoms. The third-order valence-electron chi connectivity index (χ3n) is 7.96. The highest BCUT2D eigenvalue weighted by Crippen LogP contribution is 2.43. The average molecular weight is 544 g/mol. The number of hydrogen-bond acceptors (Lipinski definition) is 5. The van der Waals surface area contributed by atoms with Crippen LogP contribution < -0.4 is 4.74 Å². The molecule has 1 fully saturated rings. The first-order chi connectivity index (χ1) is 18.1. The maximum atomic E-state index is 13.7. The number of hydrogen-bond donors (Lipinski definition) is 2. The van der Waals surface area contributed by atoms with Crippen molar-refractivity contribution in [3.05, 3.63) is 81.1 Å². The quantitative estimate of drug-likeness (QED) is 0.309. The predicted octanol–water partition coefficient (Wildman–Crippen LogP) is 6.76. The fourth-order valence-electron chi connectivity index (χ4n) is 5.60. The van der Waals surface area contributed by atoms with Crippen LogP contribution in [0.4, 0.5) is 13.2 Å². The lowest BCUT2D eigenvalue weighted by atomic mass is 9.76.